The Morgan fingerprint density at radius 1 is 1.29 bits per heavy atom. The summed E-state index contributed by atoms with van der Waals surface area (Å²) in [5.74, 6) is 0.823. The van der Waals surface area contributed by atoms with Crippen molar-refractivity contribution in [3.8, 4) is 5.75 Å². The van der Waals surface area contributed by atoms with Gasteiger partial charge >= 0.3 is 0 Å². The van der Waals surface area contributed by atoms with Crippen LogP contribution in [0.25, 0.3) is 0 Å². The maximum absolute atomic E-state index is 5.66. The number of thiophene rings is 1. The Labute approximate surface area is 154 Å². The predicted octanol–water partition coefficient (Wildman–Crippen LogP) is 2.49. The van der Waals surface area contributed by atoms with Crippen LogP contribution < -0.4 is 15.0 Å². The van der Waals surface area contributed by atoms with Gasteiger partial charge in [-0.3, -0.25) is 0 Å². The third-order valence-corrected chi connectivity index (χ3v) is 4.86. The molecule has 0 bridgehead atoms. The van der Waals surface area contributed by atoms with Crippen LogP contribution in [-0.2, 0) is 6.54 Å². The highest BCUT2D eigenvalue weighted by atomic mass is 32.1. The van der Waals surface area contributed by atoms with E-state index in [1.54, 1.807) is 18.4 Å². The lowest BCUT2D eigenvalue weighted by atomic mass is 10.3. The topological polar surface area (TPSA) is 28.9 Å². The maximum Gasteiger partial charge on any atom is 0.173 e. The van der Waals surface area contributed by atoms with Crippen LogP contribution in [0.4, 0.5) is 5.69 Å². The van der Waals surface area contributed by atoms with Crippen molar-refractivity contribution < 1.29 is 9.64 Å². The smallest absolute Gasteiger partial charge is 0.173 e. The van der Waals surface area contributed by atoms with Crippen molar-refractivity contribution in [1.29, 1.82) is 0 Å². The summed E-state index contributed by atoms with van der Waals surface area (Å²) in [5.41, 5.74) is 0.953. The van der Waals surface area contributed by atoms with E-state index in [0.717, 1.165) is 42.6 Å². The van der Waals surface area contributed by atoms with Crippen molar-refractivity contribution in [2.75, 3.05) is 39.6 Å². The molecule has 0 spiro atoms. The summed E-state index contributed by atoms with van der Waals surface area (Å²) >= 11 is 7.43. The Bertz CT molecular complexity index is 629. The van der Waals surface area contributed by atoms with Gasteiger partial charge < -0.3 is 19.9 Å². The summed E-state index contributed by atoms with van der Waals surface area (Å²) in [6.45, 7) is 2.91. The van der Waals surface area contributed by atoms with Crippen LogP contribution >= 0.6 is 23.6 Å². The van der Waals surface area contributed by atoms with Crippen LogP contribution in [0.1, 0.15) is 11.3 Å². The molecule has 2 aromatic rings. The Balaban J connectivity index is 2.01. The number of ether oxygens (including phenoxy) is 1. The van der Waals surface area contributed by atoms with Crippen molar-refractivity contribution in [3.05, 3.63) is 46.7 Å². The second-order valence-electron chi connectivity index (χ2n) is 5.97. The van der Waals surface area contributed by atoms with Gasteiger partial charge in [0.2, 0.25) is 0 Å². The van der Waals surface area contributed by atoms with Gasteiger partial charge in [0.15, 0.2) is 5.11 Å². The molecule has 2 N–H and O–H groups in total. The molecule has 130 valence electrons. The Kier molecular flexibility index (Phi) is 7.49. The number of nitrogens with zero attached hydrogens (tertiary/aromatic N) is 1. The van der Waals surface area contributed by atoms with Crippen molar-refractivity contribution >= 4 is 34.4 Å². The first-order valence-electron chi connectivity index (χ1n) is 8.10. The minimum Gasteiger partial charge on any atom is -0.497 e. The van der Waals surface area contributed by atoms with E-state index in [0.29, 0.717) is 0 Å². The number of anilines is 1. The van der Waals surface area contributed by atoms with Gasteiger partial charge in [-0.1, -0.05) is 12.1 Å². The first kappa shape index (κ1) is 18.7. The quantitative estimate of drug-likeness (QED) is 0.704. The number of hydrogen-bond donors (Lipinski definition) is 2. The summed E-state index contributed by atoms with van der Waals surface area (Å²) < 4.78 is 5.28. The highest BCUT2D eigenvalue weighted by Crippen LogP contribution is 2.18. The molecular weight excluding hydrogens is 338 g/mol. The van der Waals surface area contributed by atoms with Crippen LogP contribution in [-0.4, -0.2) is 44.3 Å². The van der Waals surface area contributed by atoms with Gasteiger partial charge in [-0.25, -0.2) is 0 Å². The van der Waals surface area contributed by atoms with E-state index in [1.165, 1.54) is 9.78 Å². The number of quaternary nitrogens is 1. The average Bonchev–Trinajstić information content (AvgIpc) is 3.07. The summed E-state index contributed by atoms with van der Waals surface area (Å²) in [6, 6.07) is 12.1. The van der Waals surface area contributed by atoms with E-state index < -0.39 is 0 Å². The largest absolute Gasteiger partial charge is 0.497 e. The fraction of sp³-hybridized carbons (Fsp3) is 0.389. The van der Waals surface area contributed by atoms with E-state index in [2.05, 4.69) is 41.8 Å². The molecule has 0 atom stereocenters. The first-order valence-corrected chi connectivity index (χ1v) is 9.38. The van der Waals surface area contributed by atoms with E-state index in [-0.39, 0.29) is 0 Å². The summed E-state index contributed by atoms with van der Waals surface area (Å²) in [7, 11) is 6.02. The van der Waals surface area contributed by atoms with E-state index in [9.17, 15) is 0 Å². The Morgan fingerprint density at radius 2 is 2.12 bits per heavy atom. The molecule has 1 heterocycles. The number of hydrogen-bond acceptors (Lipinski definition) is 3. The lowest BCUT2D eigenvalue weighted by Gasteiger charge is -2.25. The van der Waals surface area contributed by atoms with E-state index in [1.807, 2.05) is 24.3 Å². The van der Waals surface area contributed by atoms with Gasteiger partial charge in [0, 0.05) is 29.6 Å². The van der Waals surface area contributed by atoms with E-state index >= 15 is 0 Å². The molecule has 0 radical (unpaired) electrons. The lowest BCUT2D eigenvalue weighted by molar-refractivity contribution is -0.858. The standard InChI is InChI=1S/C18H25N3OS2/c1-20(2)10-6-11-21(14-17-9-5-12-24-17)18(23)19-15-7-4-8-16(13-15)22-3/h4-5,7-9,12-13H,6,10-11,14H2,1-3H3,(H,19,23)/p+1. The SMILES string of the molecule is COc1cccc(NC(=S)N(CCC[NH+](C)C)Cc2cccs2)c1. The molecule has 1 aromatic carbocycles. The highest BCUT2D eigenvalue weighted by molar-refractivity contribution is 7.80. The molecule has 0 amide bonds. The molecule has 0 aliphatic heterocycles. The minimum absolute atomic E-state index is 0.755. The molecule has 0 saturated heterocycles. The summed E-state index contributed by atoms with van der Waals surface area (Å²) in [6.07, 6.45) is 1.10. The minimum atomic E-state index is 0.755. The van der Waals surface area contributed by atoms with Gasteiger partial charge in [-0.2, -0.15) is 0 Å². The number of methoxy groups -OCH3 is 1. The molecule has 2 rings (SSSR count). The monoisotopic (exact) mass is 364 g/mol. The fourth-order valence-corrected chi connectivity index (χ4v) is 3.36. The summed E-state index contributed by atoms with van der Waals surface area (Å²) in [4.78, 5) is 5.02. The number of rotatable bonds is 8. The third-order valence-electron chi connectivity index (χ3n) is 3.64. The van der Waals surface area contributed by atoms with Crippen molar-refractivity contribution in [3.63, 3.8) is 0 Å². The number of benzene rings is 1. The molecule has 0 fully saturated rings. The molecule has 0 saturated carbocycles. The fourth-order valence-electron chi connectivity index (χ4n) is 2.37. The first-order chi connectivity index (χ1) is 11.6. The second-order valence-corrected chi connectivity index (χ2v) is 7.39. The molecule has 0 aliphatic rings. The zero-order valence-electron chi connectivity index (χ0n) is 14.5. The molecule has 1 aromatic heterocycles. The average molecular weight is 365 g/mol. The molecule has 0 unspecified atom stereocenters. The highest BCUT2D eigenvalue weighted by Gasteiger charge is 2.12. The second kappa shape index (κ2) is 9.61. The summed E-state index contributed by atoms with van der Waals surface area (Å²) in [5, 5.41) is 6.20. The van der Waals surface area contributed by atoms with Crippen LogP contribution in [0.15, 0.2) is 41.8 Å². The van der Waals surface area contributed by atoms with Gasteiger partial charge in [0.1, 0.15) is 5.75 Å². The van der Waals surface area contributed by atoms with Gasteiger partial charge in [-0.15, -0.1) is 11.3 Å². The molecule has 24 heavy (non-hydrogen) atoms. The van der Waals surface area contributed by atoms with Gasteiger partial charge in [-0.05, 0) is 35.8 Å². The Morgan fingerprint density at radius 3 is 2.79 bits per heavy atom. The van der Waals surface area contributed by atoms with E-state index in [4.69, 9.17) is 17.0 Å². The predicted molar refractivity (Wildman–Crippen MR) is 106 cm³/mol. The zero-order valence-corrected chi connectivity index (χ0v) is 16.2. The van der Waals surface area contributed by atoms with Gasteiger partial charge in [0.05, 0.1) is 34.3 Å². The molecular formula is C18H26N3OS2+. The maximum atomic E-state index is 5.66. The zero-order chi connectivity index (χ0) is 17.4. The van der Waals surface area contributed by atoms with Crippen molar-refractivity contribution in [1.82, 2.24) is 4.90 Å². The lowest BCUT2D eigenvalue weighted by Crippen LogP contribution is -3.05. The number of nitrogens with one attached hydrogen (secondary N) is 2. The number of thiocarbonyl (C=S) groups is 1. The molecule has 4 nitrogen and oxygen atoms in total. The third kappa shape index (κ3) is 6.11. The van der Waals surface area contributed by atoms with Crippen molar-refractivity contribution in [2.45, 2.75) is 13.0 Å². The van der Waals surface area contributed by atoms with Crippen LogP contribution in [0.3, 0.4) is 0 Å². The van der Waals surface area contributed by atoms with Gasteiger partial charge in [0.25, 0.3) is 0 Å². The van der Waals surface area contributed by atoms with Crippen LogP contribution in [0, 0.1) is 0 Å². The van der Waals surface area contributed by atoms with Crippen molar-refractivity contribution in [2.24, 2.45) is 0 Å². The normalized spacial score (nSPS) is 10.7. The van der Waals surface area contributed by atoms with Crippen LogP contribution in [0.2, 0.25) is 0 Å². The molecule has 6 heteroatoms. The van der Waals surface area contributed by atoms with Crippen LogP contribution in [0.5, 0.6) is 5.75 Å². The Hall–Kier alpha value is -1.63. The molecule has 0 aliphatic carbocycles.